The molecule has 0 N–H and O–H groups in total. The lowest BCUT2D eigenvalue weighted by molar-refractivity contribution is 0.168. The molecule has 4 rings (SSSR count). The van der Waals surface area contributed by atoms with Crippen LogP contribution in [0.4, 0.5) is 10.6 Å². The predicted octanol–water partition coefficient (Wildman–Crippen LogP) is 3.96. The Bertz CT molecular complexity index is 885. The molecule has 158 valence electrons. The highest BCUT2D eigenvalue weighted by atomic mass is 32.1. The summed E-state index contributed by atoms with van der Waals surface area (Å²) in [4.78, 5) is 31.1. The molecule has 1 aliphatic carbocycles. The van der Waals surface area contributed by atoms with Crippen LogP contribution in [0.1, 0.15) is 49.4 Å². The van der Waals surface area contributed by atoms with Crippen molar-refractivity contribution in [3.05, 3.63) is 16.3 Å². The largest absolute Gasteiger partial charge is 0.352 e. The first kappa shape index (κ1) is 20.4. The highest BCUT2D eigenvalue weighted by Gasteiger charge is 2.28. The molecule has 1 saturated heterocycles. The Kier molecular flexibility index (Phi) is 5.95. The number of aryl methyl sites for hydroxylation is 2. The normalized spacial score (nSPS) is 19.5. The van der Waals surface area contributed by atoms with E-state index in [-0.39, 0.29) is 6.03 Å². The summed E-state index contributed by atoms with van der Waals surface area (Å²) < 4.78 is 0. The van der Waals surface area contributed by atoms with Crippen LogP contribution >= 0.6 is 11.3 Å². The van der Waals surface area contributed by atoms with Crippen LogP contribution in [0.25, 0.3) is 10.2 Å². The molecule has 0 radical (unpaired) electrons. The van der Waals surface area contributed by atoms with Crippen LogP contribution in [0.2, 0.25) is 0 Å². The Hall–Kier alpha value is -1.89. The maximum Gasteiger partial charge on any atom is 0.319 e. The van der Waals surface area contributed by atoms with Crippen molar-refractivity contribution in [3.8, 4) is 0 Å². The molecule has 1 unspecified atom stereocenters. The van der Waals surface area contributed by atoms with Gasteiger partial charge in [0.25, 0.3) is 0 Å². The molecule has 0 aromatic carbocycles. The van der Waals surface area contributed by atoms with Gasteiger partial charge in [0.2, 0.25) is 0 Å². The summed E-state index contributed by atoms with van der Waals surface area (Å²) in [6.45, 7) is 7.73. The Labute approximate surface area is 177 Å². The van der Waals surface area contributed by atoms with Crippen LogP contribution in [0.15, 0.2) is 0 Å². The van der Waals surface area contributed by atoms with E-state index in [4.69, 9.17) is 9.97 Å². The van der Waals surface area contributed by atoms with Crippen LogP contribution < -0.4 is 4.90 Å². The van der Waals surface area contributed by atoms with Crippen molar-refractivity contribution in [2.45, 2.75) is 52.4 Å². The van der Waals surface area contributed by atoms with Crippen molar-refractivity contribution >= 4 is 33.4 Å². The number of aromatic nitrogens is 2. The van der Waals surface area contributed by atoms with Gasteiger partial charge in [0.15, 0.2) is 0 Å². The lowest BCUT2D eigenvalue weighted by Gasteiger charge is -2.37. The molecule has 1 atom stereocenters. The lowest BCUT2D eigenvalue weighted by Crippen LogP contribution is -2.51. The molecule has 1 fully saturated rings. The maximum absolute atomic E-state index is 12.3. The average molecular weight is 416 g/mol. The summed E-state index contributed by atoms with van der Waals surface area (Å²) in [6, 6.07) is 0.100. The summed E-state index contributed by atoms with van der Waals surface area (Å²) >= 11 is 1.89. The Morgan fingerprint density at radius 2 is 1.97 bits per heavy atom. The SMILES string of the molecule is CCCCc1nc(N2CCN(C(=O)N(C)C)CC2)c2c3c(sc2n1)CC(C)CC3. The number of nitrogens with zero attached hydrogens (tertiary/aromatic N) is 5. The zero-order chi connectivity index (χ0) is 20.5. The highest BCUT2D eigenvalue weighted by molar-refractivity contribution is 7.19. The highest BCUT2D eigenvalue weighted by Crippen LogP contribution is 2.41. The molecule has 29 heavy (non-hydrogen) atoms. The van der Waals surface area contributed by atoms with Gasteiger partial charge < -0.3 is 14.7 Å². The fraction of sp³-hybridized carbons (Fsp3) is 0.682. The first-order valence-corrected chi connectivity index (χ1v) is 11.8. The third kappa shape index (κ3) is 4.06. The molecule has 0 bridgehead atoms. The fourth-order valence-corrected chi connectivity index (χ4v) is 5.83. The van der Waals surface area contributed by atoms with Gasteiger partial charge in [0.05, 0.1) is 5.39 Å². The molecule has 2 aromatic rings. The molecule has 7 heteroatoms. The van der Waals surface area contributed by atoms with Gasteiger partial charge in [-0.2, -0.15) is 0 Å². The second-order valence-electron chi connectivity index (χ2n) is 8.75. The van der Waals surface area contributed by atoms with Gasteiger partial charge in [-0.15, -0.1) is 11.3 Å². The molecule has 2 aromatic heterocycles. The first-order chi connectivity index (χ1) is 14.0. The summed E-state index contributed by atoms with van der Waals surface area (Å²) in [5, 5.41) is 1.30. The number of piperazine rings is 1. The van der Waals surface area contributed by atoms with Crippen molar-refractivity contribution in [2.75, 3.05) is 45.2 Å². The smallest absolute Gasteiger partial charge is 0.319 e. The Morgan fingerprint density at radius 3 is 2.66 bits per heavy atom. The molecule has 0 spiro atoms. The second kappa shape index (κ2) is 8.46. The van der Waals surface area contributed by atoms with Gasteiger partial charge in [-0.05, 0) is 37.2 Å². The monoisotopic (exact) mass is 415 g/mol. The number of thiophene rings is 1. The quantitative estimate of drug-likeness (QED) is 0.758. The standard InChI is InChI=1S/C22H33N5OS/c1-5-6-7-18-23-20(26-10-12-27(13-11-26)22(28)25(3)4)19-16-9-8-15(2)14-17(16)29-21(19)24-18/h15H,5-14H2,1-4H3. The van der Waals surface area contributed by atoms with Gasteiger partial charge in [-0.1, -0.05) is 20.3 Å². The molecule has 3 heterocycles. The van der Waals surface area contributed by atoms with E-state index in [0.29, 0.717) is 0 Å². The third-order valence-corrected chi connectivity index (χ3v) is 7.32. The number of amides is 2. The molecule has 2 aliphatic rings. The van der Waals surface area contributed by atoms with Crippen molar-refractivity contribution in [2.24, 2.45) is 5.92 Å². The van der Waals surface area contributed by atoms with Gasteiger partial charge in [0.1, 0.15) is 16.5 Å². The van der Waals surface area contributed by atoms with E-state index in [2.05, 4.69) is 18.7 Å². The van der Waals surface area contributed by atoms with Gasteiger partial charge >= 0.3 is 6.03 Å². The van der Waals surface area contributed by atoms with Gasteiger partial charge in [-0.3, -0.25) is 0 Å². The van der Waals surface area contributed by atoms with Crippen LogP contribution in [0.3, 0.4) is 0 Å². The number of anilines is 1. The minimum atomic E-state index is 0.100. The Morgan fingerprint density at radius 1 is 1.21 bits per heavy atom. The van der Waals surface area contributed by atoms with Gasteiger partial charge in [0, 0.05) is 51.6 Å². The molecule has 2 amide bonds. The number of carbonyl (C=O) groups is 1. The average Bonchev–Trinajstić information content (AvgIpc) is 3.08. The summed E-state index contributed by atoms with van der Waals surface area (Å²) in [5.41, 5.74) is 1.49. The maximum atomic E-state index is 12.3. The molecule has 1 aliphatic heterocycles. The van der Waals surface area contributed by atoms with E-state index in [9.17, 15) is 4.79 Å². The van der Waals surface area contributed by atoms with Crippen molar-refractivity contribution < 1.29 is 4.79 Å². The van der Waals surface area contributed by atoms with Crippen molar-refractivity contribution in [3.63, 3.8) is 0 Å². The molecular weight excluding hydrogens is 382 g/mol. The second-order valence-corrected chi connectivity index (χ2v) is 9.83. The lowest BCUT2D eigenvalue weighted by atomic mass is 9.89. The number of hydrogen-bond acceptors (Lipinski definition) is 5. The number of unbranched alkanes of at least 4 members (excludes halogenated alkanes) is 1. The van der Waals surface area contributed by atoms with E-state index >= 15 is 0 Å². The predicted molar refractivity (Wildman–Crippen MR) is 120 cm³/mol. The molecule has 0 saturated carbocycles. The van der Waals surface area contributed by atoms with E-state index in [1.54, 1.807) is 4.90 Å². The summed E-state index contributed by atoms with van der Waals surface area (Å²) in [6.07, 6.45) is 6.78. The van der Waals surface area contributed by atoms with Crippen LogP contribution in [0, 0.1) is 5.92 Å². The van der Waals surface area contributed by atoms with E-state index < -0.39 is 0 Å². The zero-order valence-electron chi connectivity index (χ0n) is 18.2. The minimum absolute atomic E-state index is 0.100. The number of hydrogen-bond donors (Lipinski definition) is 0. The van der Waals surface area contributed by atoms with Crippen LogP contribution in [0.5, 0.6) is 0 Å². The van der Waals surface area contributed by atoms with E-state index in [0.717, 1.165) is 69.4 Å². The van der Waals surface area contributed by atoms with E-state index in [1.165, 1.54) is 33.5 Å². The zero-order valence-corrected chi connectivity index (χ0v) is 19.0. The topological polar surface area (TPSA) is 52.6 Å². The van der Waals surface area contributed by atoms with Crippen LogP contribution in [-0.2, 0) is 19.3 Å². The minimum Gasteiger partial charge on any atom is -0.352 e. The van der Waals surface area contributed by atoms with Crippen molar-refractivity contribution in [1.82, 2.24) is 19.8 Å². The Balaban J connectivity index is 1.67. The van der Waals surface area contributed by atoms with Gasteiger partial charge in [-0.25, -0.2) is 14.8 Å². The number of urea groups is 1. The van der Waals surface area contributed by atoms with Crippen molar-refractivity contribution in [1.29, 1.82) is 0 Å². The first-order valence-electron chi connectivity index (χ1n) is 11.0. The number of rotatable bonds is 4. The third-order valence-electron chi connectivity index (χ3n) is 6.17. The number of fused-ring (bicyclic) bond motifs is 3. The molecular formula is C22H33N5OS. The van der Waals surface area contributed by atoms with E-state index in [1.807, 2.05) is 30.3 Å². The fourth-order valence-electron chi connectivity index (χ4n) is 4.43. The summed E-state index contributed by atoms with van der Waals surface area (Å²) in [5.74, 6) is 2.85. The van der Waals surface area contributed by atoms with Crippen LogP contribution in [-0.4, -0.2) is 66.1 Å². The number of carbonyl (C=O) groups excluding carboxylic acids is 1. The summed E-state index contributed by atoms with van der Waals surface area (Å²) in [7, 11) is 3.64. The molecule has 6 nitrogen and oxygen atoms in total.